The zero-order valence-electron chi connectivity index (χ0n) is 20.4. The lowest BCUT2D eigenvalue weighted by Crippen LogP contribution is -2.30. The van der Waals surface area contributed by atoms with Gasteiger partial charge in [-0.15, -0.1) is 5.10 Å². The van der Waals surface area contributed by atoms with E-state index >= 15 is 0 Å². The predicted molar refractivity (Wildman–Crippen MR) is 147 cm³/mol. The van der Waals surface area contributed by atoms with Gasteiger partial charge in [-0.1, -0.05) is 71.3 Å². The predicted octanol–water partition coefficient (Wildman–Crippen LogP) is 7.02. The summed E-state index contributed by atoms with van der Waals surface area (Å²) in [6, 6.07) is 12.7. The monoisotopic (exact) mass is 590 g/mol. The minimum atomic E-state index is -0.590. The van der Waals surface area contributed by atoms with Gasteiger partial charge in [0.05, 0.1) is 12.2 Å². The van der Waals surface area contributed by atoms with E-state index in [4.69, 9.17) is 26.2 Å². The van der Waals surface area contributed by atoms with Crippen LogP contribution in [0.4, 0.5) is 5.95 Å². The van der Waals surface area contributed by atoms with Gasteiger partial charge in [-0.2, -0.15) is 4.98 Å². The fraction of sp³-hybridized carbons (Fsp3) is 0.346. The first kappa shape index (κ1) is 26.6. The van der Waals surface area contributed by atoms with Crippen LogP contribution in [0.25, 0.3) is 0 Å². The van der Waals surface area contributed by atoms with Crippen LogP contribution in [0.15, 0.2) is 63.4 Å². The van der Waals surface area contributed by atoms with E-state index < -0.39 is 12.0 Å². The van der Waals surface area contributed by atoms with Crippen LogP contribution in [-0.2, 0) is 16.1 Å². The lowest BCUT2D eigenvalue weighted by molar-refractivity contribution is -0.139. The molecule has 1 unspecified atom stereocenters. The molecule has 190 valence electrons. The van der Waals surface area contributed by atoms with Crippen LogP contribution in [0, 0.1) is 0 Å². The summed E-state index contributed by atoms with van der Waals surface area (Å²) in [6.45, 7) is 6.54. The van der Waals surface area contributed by atoms with E-state index in [0.29, 0.717) is 39.8 Å². The maximum Gasteiger partial charge on any atom is 0.338 e. The van der Waals surface area contributed by atoms with Crippen molar-refractivity contribution in [1.82, 2.24) is 14.8 Å². The number of ether oxygens (including phenoxy) is 2. The molecule has 1 aliphatic rings. The first-order valence-electron chi connectivity index (χ1n) is 11.8. The number of benzene rings is 2. The molecule has 0 fully saturated rings. The fourth-order valence-corrected chi connectivity index (χ4v) is 5.10. The molecular weight excluding hydrogens is 564 g/mol. The summed E-state index contributed by atoms with van der Waals surface area (Å²) in [7, 11) is 0. The molecule has 2 heterocycles. The van der Waals surface area contributed by atoms with Gasteiger partial charge in [-0.3, -0.25) is 0 Å². The Kier molecular flexibility index (Phi) is 8.98. The number of rotatable bonds is 10. The Bertz CT molecular complexity index is 1280. The Morgan fingerprint density at radius 3 is 2.78 bits per heavy atom. The van der Waals surface area contributed by atoms with Crippen molar-refractivity contribution in [2.45, 2.75) is 51.4 Å². The van der Waals surface area contributed by atoms with Gasteiger partial charge in [-0.25, -0.2) is 9.48 Å². The molecule has 0 saturated heterocycles. The summed E-state index contributed by atoms with van der Waals surface area (Å²) >= 11 is 11.5. The molecule has 0 aliphatic carbocycles. The van der Waals surface area contributed by atoms with Crippen molar-refractivity contribution < 1.29 is 14.3 Å². The number of hydrogen-bond acceptors (Lipinski definition) is 7. The fourth-order valence-electron chi connectivity index (χ4n) is 3.85. The second-order valence-corrected chi connectivity index (χ2v) is 10.7. The maximum atomic E-state index is 13.3. The third-order valence-corrected chi connectivity index (χ3v) is 7.44. The molecule has 7 nitrogen and oxygen atoms in total. The number of carbonyl (C=O) groups is 1. The number of allylic oxidation sites excluding steroid dienone is 1. The number of esters is 1. The summed E-state index contributed by atoms with van der Waals surface area (Å²) in [6.07, 6.45) is 1.73. The van der Waals surface area contributed by atoms with E-state index in [0.717, 1.165) is 34.2 Å². The van der Waals surface area contributed by atoms with Crippen molar-refractivity contribution >= 4 is 51.2 Å². The minimum Gasteiger partial charge on any atom is -0.488 e. The average Bonchev–Trinajstić information content (AvgIpc) is 3.27. The second-order valence-electron chi connectivity index (χ2n) is 8.28. The zero-order valence-corrected chi connectivity index (χ0v) is 23.5. The van der Waals surface area contributed by atoms with Gasteiger partial charge in [0.25, 0.3) is 0 Å². The molecule has 0 bridgehead atoms. The molecule has 1 aliphatic heterocycles. The Morgan fingerprint density at radius 2 is 2.03 bits per heavy atom. The van der Waals surface area contributed by atoms with E-state index in [-0.39, 0.29) is 6.61 Å². The number of carbonyl (C=O) groups excluding carboxylic acids is 1. The number of halogens is 2. The molecule has 3 aromatic rings. The maximum absolute atomic E-state index is 13.3. The third-order valence-electron chi connectivity index (χ3n) is 5.53. The van der Waals surface area contributed by atoms with E-state index in [1.807, 2.05) is 56.3 Å². The van der Waals surface area contributed by atoms with E-state index in [2.05, 4.69) is 33.2 Å². The van der Waals surface area contributed by atoms with Gasteiger partial charge in [0, 0.05) is 32.1 Å². The SMILES string of the molecule is CCCOC(=O)C1=C(C)Nc2nc(SCCC)nn2C1c1cc(Br)ccc1OCc1ccccc1Cl. The second kappa shape index (κ2) is 12.2. The topological polar surface area (TPSA) is 78.3 Å². The molecular formula is C26H28BrClN4O3S. The molecule has 2 aromatic carbocycles. The Labute approximate surface area is 228 Å². The lowest BCUT2D eigenvalue weighted by atomic mass is 9.95. The molecule has 0 spiro atoms. The summed E-state index contributed by atoms with van der Waals surface area (Å²) in [4.78, 5) is 18.0. The first-order chi connectivity index (χ1) is 17.4. The van der Waals surface area contributed by atoms with E-state index in [1.54, 1.807) is 16.4 Å². The first-order valence-corrected chi connectivity index (χ1v) is 14.0. The zero-order chi connectivity index (χ0) is 25.7. The van der Waals surface area contributed by atoms with Crippen LogP contribution in [0.1, 0.15) is 50.8 Å². The van der Waals surface area contributed by atoms with Crippen molar-refractivity contribution in [3.63, 3.8) is 0 Å². The molecule has 1 N–H and O–H groups in total. The van der Waals surface area contributed by atoms with Crippen molar-refractivity contribution in [1.29, 1.82) is 0 Å². The van der Waals surface area contributed by atoms with E-state index in [1.165, 1.54) is 0 Å². The van der Waals surface area contributed by atoms with Crippen LogP contribution < -0.4 is 10.1 Å². The lowest BCUT2D eigenvalue weighted by Gasteiger charge is -2.29. The summed E-state index contributed by atoms with van der Waals surface area (Å²) in [5.41, 5.74) is 2.77. The highest BCUT2D eigenvalue weighted by Gasteiger charge is 2.37. The molecule has 10 heteroatoms. The quantitative estimate of drug-likeness (QED) is 0.201. The number of hydrogen-bond donors (Lipinski definition) is 1. The largest absolute Gasteiger partial charge is 0.488 e. The van der Waals surface area contributed by atoms with Gasteiger partial charge in [-0.05, 0) is 44.0 Å². The Hall–Kier alpha value is -2.49. The molecule has 0 amide bonds. The van der Waals surface area contributed by atoms with Crippen LogP contribution in [-0.4, -0.2) is 33.1 Å². The number of thioether (sulfide) groups is 1. The molecule has 1 aromatic heterocycles. The van der Waals surface area contributed by atoms with Crippen LogP contribution >= 0.6 is 39.3 Å². The van der Waals surface area contributed by atoms with E-state index in [9.17, 15) is 4.79 Å². The highest BCUT2D eigenvalue weighted by atomic mass is 79.9. The normalized spacial score (nSPS) is 14.9. The molecule has 0 saturated carbocycles. The van der Waals surface area contributed by atoms with Crippen molar-refractivity contribution in [2.75, 3.05) is 17.7 Å². The number of fused-ring (bicyclic) bond motifs is 1. The van der Waals surface area contributed by atoms with Crippen LogP contribution in [0.3, 0.4) is 0 Å². The van der Waals surface area contributed by atoms with Crippen molar-refractivity contribution in [3.05, 3.63) is 74.4 Å². The Balaban J connectivity index is 1.79. The number of anilines is 1. The van der Waals surface area contributed by atoms with Crippen molar-refractivity contribution in [2.24, 2.45) is 0 Å². The van der Waals surface area contributed by atoms with Gasteiger partial charge < -0.3 is 14.8 Å². The number of nitrogens with zero attached hydrogens (tertiary/aromatic N) is 3. The van der Waals surface area contributed by atoms with Gasteiger partial charge >= 0.3 is 5.97 Å². The van der Waals surface area contributed by atoms with Crippen LogP contribution in [0.5, 0.6) is 5.75 Å². The summed E-state index contributed by atoms with van der Waals surface area (Å²) in [5.74, 6) is 1.69. The molecule has 36 heavy (non-hydrogen) atoms. The van der Waals surface area contributed by atoms with Gasteiger partial charge in [0.2, 0.25) is 11.1 Å². The molecule has 1 atom stereocenters. The molecule has 4 rings (SSSR count). The van der Waals surface area contributed by atoms with Gasteiger partial charge in [0.15, 0.2) is 0 Å². The smallest absolute Gasteiger partial charge is 0.338 e. The average molecular weight is 592 g/mol. The summed E-state index contributed by atoms with van der Waals surface area (Å²) in [5, 5.41) is 9.30. The highest BCUT2D eigenvalue weighted by molar-refractivity contribution is 9.10. The number of nitrogens with one attached hydrogen (secondary N) is 1. The third kappa shape index (κ3) is 5.90. The summed E-state index contributed by atoms with van der Waals surface area (Å²) < 4.78 is 14.5. The number of aromatic nitrogens is 3. The van der Waals surface area contributed by atoms with Crippen LogP contribution in [0.2, 0.25) is 5.02 Å². The standard InChI is InChI=1S/C26H28BrClN4O3S/c1-4-12-34-24(33)22-16(3)29-25-30-26(36-13-5-2)31-32(25)23(22)19-14-18(27)10-11-21(19)35-15-17-8-6-7-9-20(17)28/h6-11,14,23H,4-5,12-13,15H2,1-3H3,(H,29,30,31). The highest BCUT2D eigenvalue weighted by Crippen LogP contribution is 2.41. The minimum absolute atomic E-state index is 0.277. The Morgan fingerprint density at radius 1 is 1.22 bits per heavy atom. The van der Waals surface area contributed by atoms with Gasteiger partial charge in [0.1, 0.15) is 18.4 Å². The molecule has 0 radical (unpaired) electrons. The van der Waals surface area contributed by atoms with Crippen molar-refractivity contribution in [3.8, 4) is 5.75 Å².